The minimum Gasteiger partial charge on any atom is -0.506 e. The summed E-state index contributed by atoms with van der Waals surface area (Å²) < 4.78 is 15.2. The fourth-order valence-electron chi connectivity index (χ4n) is 4.29. The zero-order valence-electron chi connectivity index (χ0n) is 17.1. The zero-order chi connectivity index (χ0) is 22.3. The van der Waals surface area contributed by atoms with Gasteiger partial charge in [-0.05, 0) is 35.4 Å². The molecule has 0 unspecified atom stereocenters. The van der Waals surface area contributed by atoms with Gasteiger partial charge in [-0.3, -0.25) is 0 Å². The summed E-state index contributed by atoms with van der Waals surface area (Å²) in [6.45, 7) is 4.36. The Labute approximate surface area is 179 Å². The summed E-state index contributed by atoms with van der Waals surface area (Å²) in [5.74, 6) is -0.767. The molecule has 0 aromatic heterocycles. The first-order chi connectivity index (χ1) is 14.7. The van der Waals surface area contributed by atoms with E-state index in [0.717, 1.165) is 6.07 Å². The number of hydrogen-bond acceptors (Lipinski definition) is 4. The molecule has 31 heavy (non-hydrogen) atoms. The topological polar surface area (TPSA) is 102 Å². The molecule has 3 aromatic carbocycles. The molecule has 0 spiro atoms. The lowest BCUT2D eigenvalue weighted by Gasteiger charge is -2.25. The number of anilines is 3. The van der Waals surface area contributed by atoms with E-state index in [0.29, 0.717) is 45.9 Å². The van der Waals surface area contributed by atoms with E-state index in [4.69, 9.17) is 5.73 Å². The van der Waals surface area contributed by atoms with Crippen LogP contribution in [0.25, 0.3) is 11.1 Å². The summed E-state index contributed by atoms with van der Waals surface area (Å²) in [4.78, 5) is 13.3. The number of nitrogens with zero attached hydrogens (tertiary/aromatic N) is 2. The van der Waals surface area contributed by atoms with Crippen molar-refractivity contribution >= 4 is 23.1 Å². The number of nitrogens with two attached hydrogens (primary N) is 1. The first-order valence-electron chi connectivity index (χ1n) is 9.72. The predicted octanol–water partition coefficient (Wildman–Crippen LogP) is 4.99. The zero-order valence-corrected chi connectivity index (χ0v) is 17.1. The van der Waals surface area contributed by atoms with Crippen molar-refractivity contribution in [3.8, 4) is 22.9 Å². The SMILES string of the molecule is CC1(C)CN(c2ccccc2NC(N)=O)c2c(O)cc(F)c(-c3cccc(C#N)c3)c21. The summed E-state index contributed by atoms with van der Waals surface area (Å²) in [5.41, 5.74) is 8.31. The molecule has 6 nitrogen and oxygen atoms in total. The molecule has 7 heteroatoms. The quantitative estimate of drug-likeness (QED) is 0.560. The molecular weight excluding hydrogens is 395 g/mol. The first-order valence-corrected chi connectivity index (χ1v) is 9.72. The number of para-hydroxylation sites is 2. The van der Waals surface area contributed by atoms with Gasteiger partial charge >= 0.3 is 6.03 Å². The van der Waals surface area contributed by atoms with Crippen LogP contribution < -0.4 is 16.0 Å². The summed E-state index contributed by atoms with van der Waals surface area (Å²) in [6.07, 6.45) is 0. The summed E-state index contributed by atoms with van der Waals surface area (Å²) in [6, 6.07) is 16.3. The van der Waals surface area contributed by atoms with Gasteiger partial charge < -0.3 is 21.1 Å². The van der Waals surface area contributed by atoms with Gasteiger partial charge in [0.15, 0.2) is 0 Å². The number of halogens is 1. The van der Waals surface area contributed by atoms with Gasteiger partial charge in [-0.1, -0.05) is 38.1 Å². The van der Waals surface area contributed by atoms with Crippen molar-refractivity contribution in [1.29, 1.82) is 5.26 Å². The molecule has 4 rings (SSSR count). The third-order valence-electron chi connectivity index (χ3n) is 5.46. The van der Waals surface area contributed by atoms with E-state index in [1.807, 2.05) is 24.8 Å². The van der Waals surface area contributed by atoms with Crippen LogP contribution in [0, 0.1) is 17.1 Å². The van der Waals surface area contributed by atoms with Crippen LogP contribution in [0.2, 0.25) is 0 Å². The van der Waals surface area contributed by atoms with E-state index >= 15 is 4.39 Å². The maximum Gasteiger partial charge on any atom is 0.316 e. The van der Waals surface area contributed by atoms with Gasteiger partial charge in [-0.15, -0.1) is 0 Å². The number of aromatic hydroxyl groups is 1. The highest BCUT2D eigenvalue weighted by atomic mass is 19.1. The number of nitrogens with one attached hydrogen (secondary N) is 1. The van der Waals surface area contributed by atoms with Crippen LogP contribution in [0.4, 0.5) is 26.2 Å². The maximum absolute atomic E-state index is 15.2. The van der Waals surface area contributed by atoms with Crippen molar-refractivity contribution in [2.75, 3.05) is 16.8 Å². The second kappa shape index (κ2) is 7.33. The third kappa shape index (κ3) is 3.42. The number of carbonyl (C=O) groups excluding carboxylic acids is 1. The fraction of sp³-hybridized carbons (Fsp3) is 0.167. The number of primary amides is 1. The molecule has 2 amide bonds. The number of carbonyl (C=O) groups is 1. The number of phenolic OH excluding ortho intramolecular Hbond substituents is 1. The number of rotatable bonds is 3. The molecule has 3 aromatic rings. The second-order valence-corrected chi connectivity index (χ2v) is 8.15. The summed E-state index contributed by atoms with van der Waals surface area (Å²) in [7, 11) is 0. The van der Waals surface area contributed by atoms with Crippen molar-refractivity contribution in [2.24, 2.45) is 5.73 Å². The van der Waals surface area contributed by atoms with Crippen LogP contribution in [0.1, 0.15) is 25.0 Å². The van der Waals surface area contributed by atoms with E-state index in [1.165, 1.54) is 0 Å². The lowest BCUT2D eigenvalue weighted by molar-refractivity contribution is 0.259. The van der Waals surface area contributed by atoms with Gasteiger partial charge in [-0.2, -0.15) is 5.26 Å². The lowest BCUT2D eigenvalue weighted by atomic mass is 9.81. The van der Waals surface area contributed by atoms with Gasteiger partial charge in [0.1, 0.15) is 11.6 Å². The fourth-order valence-corrected chi connectivity index (χ4v) is 4.29. The Kier molecular flexibility index (Phi) is 4.78. The van der Waals surface area contributed by atoms with Crippen LogP contribution in [0.15, 0.2) is 54.6 Å². The van der Waals surface area contributed by atoms with Crippen molar-refractivity contribution < 1.29 is 14.3 Å². The molecule has 1 aliphatic rings. The molecule has 156 valence electrons. The number of fused-ring (bicyclic) bond motifs is 1. The maximum atomic E-state index is 15.2. The monoisotopic (exact) mass is 416 g/mol. The highest BCUT2D eigenvalue weighted by molar-refractivity contribution is 5.95. The molecule has 0 atom stereocenters. The summed E-state index contributed by atoms with van der Waals surface area (Å²) in [5, 5.41) is 22.7. The Morgan fingerprint density at radius 2 is 1.97 bits per heavy atom. The molecular formula is C24H21FN4O2. The number of urea groups is 1. The average Bonchev–Trinajstić information content (AvgIpc) is 3.00. The van der Waals surface area contributed by atoms with E-state index < -0.39 is 17.3 Å². The Morgan fingerprint density at radius 3 is 2.68 bits per heavy atom. The van der Waals surface area contributed by atoms with Gasteiger partial charge in [0.05, 0.1) is 28.7 Å². The van der Waals surface area contributed by atoms with Crippen LogP contribution in [-0.4, -0.2) is 17.7 Å². The lowest BCUT2D eigenvalue weighted by Crippen LogP contribution is -2.27. The Morgan fingerprint density at radius 1 is 1.23 bits per heavy atom. The Hall–Kier alpha value is -4.05. The minimum atomic E-state index is -0.705. The largest absolute Gasteiger partial charge is 0.506 e. The second-order valence-electron chi connectivity index (χ2n) is 8.15. The predicted molar refractivity (Wildman–Crippen MR) is 118 cm³/mol. The molecule has 0 aliphatic carbocycles. The summed E-state index contributed by atoms with van der Waals surface area (Å²) >= 11 is 0. The minimum absolute atomic E-state index is 0.202. The van der Waals surface area contributed by atoms with Gasteiger partial charge in [0, 0.05) is 23.6 Å². The number of hydrogen-bond donors (Lipinski definition) is 3. The number of benzene rings is 3. The van der Waals surface area contributed by atoms with Crippen molar-refractivity contribution in [1.82, 2.24) is 0 Å². The number of nitriles is 1. The van der Waals surface area contributed by atoms with Crippen molar-refractivity contribution in [3.63, 3.8) is 0 Å². The molecule has 0 radical (unpaired) electrons. The van der Waals surface area contributed by atoms with Gasteiger partial charge in [-0.25, -0.2) is 9.18 Å². The standard InChI is InChI=1S/C24H21FN4O2/c1-24(2)13-29(18-9-4-3-8-17(18)28-23(27)31)22-19(30)11-16(25)20(21(22)24)15-7-5-6-14(10-15)12-26/h3-11,30H,13H2,1-2H3,(H3,27,28,31). The smallest absolute Gasteiger partial charge is 0.316 e. The number of amides is 2. The molecule has 4 N–H and O–H groups in total. The molecule has 0 saturated heterocycles. The van der Waals surface area contributed by atoms with Gasteiger partial charge in [0.2, 0.25) is 0 Å². The normalized spacial score (nSPS) is 14.1. The van der Waals surface area contributed by atoms with E-state index in [-0.39, 0.29) is 5.75 Å². The molecule has 0 fully saturated rings. The molecule has 0 saturated carbocycles. The van der Waals surface area contributed by atoms with Gasteiger partial charge in [0.25, 0.3) is 0 Å². The Balaban J connectivity index is 1.99. The third-order valence-corrected chi connectivity index (χ3v) is 5.46. The van der Waals surface area contributed by atoms with Crippen LogP contribution in [-0.2, 0) is 5.41 Å². The molecule has 1 aliphatic heterocycles. The Bertz CT molecular complexity index is 1250. The van der Waals surface area contributed by atoms with Crippen molar-refractivity contribution in [2.45, 2.75) is 19.3 Å². The van der Waals surface area contributed by atoms with Crippen LogP contribution in [0.3, 0.4) is 0 Å². The highest BCUT2D eigenvalue weighted by Crippen LogP contribution is 2.54. The van der Waals surface area contributed by atoms with Crippen LogP contribution in [0.5, 0.6) is 5.75 Å². The number of phenols is 1. The average molecular weight is 416 g/mol. The van der Waals surface area contributed by atoms with E-state index in [2.05, 4.69) is 11.4 Å². The van der Waals surface area contributed by atoms with E-state index in [1.54, 1.807) is 42.5 Å². The molecule has 0 bridgehead atoms. The van der Waals surface area contributed by atoms with Crippen molar-refractivity contribution in [3.05, 3.63) is 71.5 Å². The van der Waals surface area contributed by atoms with Crippen LogP contribution >= 0.6 is 0 Å². The molecule has 1 heterocycles. The highest BCUT2D eigenvalue weighted by Gasteiger charge is 2.42. The van der Waals surface area contributed by atoms with E-state index in [9.17, 15) is 15.2 Å². The first kappa shape index (κ1) is 20.2.